The third-order valence-corrected chi connectivity index (χ3v) is 4.66. The van der Waals surface area contributed by atoms with Crippen LogP contribution in [-0.4, -0.2) is 34.1 Å². The molecule has 9 nitrogen and oxygen atoms in total. The Hall–Kier alpha value is -2.66. The van der Waals surface area contributed by atoms with Gasteiger partial charge in [-0.1, -0.05) is 0 Å². The van der Waals surface area contributed by atoms with E-state index in [-0.39, 0.29) is 17.6 Å². The number of nitrogens with zero attached hydrogens (tertiary/aromatic N) is 3. The lowest BCUT2D eigenvalue weighted by atomic mass is 10.2. The monoisotopic (exact) mass is 380 g/mol. The van der Waals surface area contributed by atoms with Crippen LogP contribution in [0.2, 0.25) is 0 Å². The fraction of sp³-hybridized carbons (Fsp3) is 0.214. The fourth-order valence-corrected chi connectivity index (χ4v) is 3.33. The summed E-state index contributed by atoms with van der Waals surface area (Å²) in [5.41, 5.74) is 11.8. The summed E-state index contributed by atoms with van der Waals surface area (Å²) in [5, 5.41) is 15.7. The van der Waals surface area contributed by atoms with Crippen LogP contribution in [0, 0.1) is 10.1 Å². The Bertz CT molecular complexity index is 771. The molecule has 0 atom stereocenters. The van der Waals surface area contributed by atoms with E-state index >= 15 is 0 Å². The summed E-state index contributed by atoms with van der Waals surface area (Å²) in [7, 11) is 0. The first-order chi connectivity index (χ1) is 12.0. The molecule has 132 valence electrons. The normalized spacial score (nSPS) is 10.2. The highest BCUT2D eigenvalue weighted by Crippen LogP contribution is 2.21. The van der Waals surface area contributed by atoms with Gasteiger partial charge in [0, 0.05) is 41.1 Å². The molecule has 0 aliphatic rings. The molecule has 2 aromatic rings. The molecule has 25 heavy (non-hydrogen) atoms. The number of thiazole rings is 1. The minimum absolute atomic E-state index is 0.0255. The number of nitrogens with one attached hydrogen (secondary N) is 1. The van der Waals surface area contributed by atoms with E-state index in [1.54, 1.807) is 11.8 Å². The van der Waals surface area contributed by atoms with Crippen molar-refractivity contribution >= 4 is 45.8 Å². The Kier molecular flexibility index (Phi) is 6.71. The Morgan fingerprint density at radius 3 is 2.72 bits per heavy atom. The molecule has 0 saturated heterocycles. The van der Waals surface area contributed by atoms with Gasteiger partial charge in [0.25, 0.3) is 11.6 Å². The fourth-order valence-electron chi connectivity index (χ4n) is 1.77. The molecule has 2 rings (SSSR count). The van der Waals surface area contributed by atoms with E-state index < -0.39 is 4.92 Å². The number of hydrogen-bond donors (Lipinski definition) is 3. The van der Waals surface area contributed by atoms with Crippen molar-refractivity contribution in [3.63, 3.8) is 0 Å². The molecule has 11 heteroatoms. The summed E-state index contributed by atoms with van der Waals surface area (Å²) in [4.78, 5) is 30.1. The average molecular weight is 380 g/mol. The van der Waals surface area contributed by atoms with E-state index in [9.17, 15) is 14.9 Å². The van der Waals surface area contributed by atoms with Gasteiger partial charge in [-0.3, -0.25) is 14.9 Å². The number of guanidine groups is 1. The molecule has 0 aliphatic heterocycles. The molecule has 0 bridgehead atoms. The van der Waals surface area contributed by atoms with E-state index in [0.717, 1.165) is 5.69 Å². The zero-order valence-electron chi connectivity index (χ0n) is 13.0. The number of aliphatic imine (C=N–C) groups is 1. The number of hydrogen-bond acceptors (Lipinski definition) is 7. The second-order valence-electron chi connectivity index (χ2n) is 4.77. The Morgan fingerprint density at radius 2 is 2.08 bits per heavy atom. The molecule has 1 aromatic heterocycles. The number of nitrogens with two attached hydrogens (primary N) is 2. The molecule has 0 fully saturated rings. The number of amides is 1. The standard InChI is InChI=1S/C14H16N6O3S2/c15-13(16)19-14-18-10(8-25-14)7-24-6-5-17-12(21)9-1-3-11(4-2-9)20(22)23/h1-4,8H,5-7H2,(H,17,21)(H4,15,16,18,19). The van der Waals surface area contributed by atoms with Crippen LogP contribution in [0.3, 0.4) is 0 Å². The zero-order valence-corrected chi connectivity index (χ0v) is 14.7. The van der Waals surface area contributed by atoms with Gasteiger partial charge >= 0.3 is 0 Å². The maximum absolute atomic E-state index is 11.9. The van der Waals surface area contributed by atoms with Crippen molar-refractivity contribution < 1.29 is 9.72 Å². The summed E-state index contributed by atoms with van der Waals surface area (Å²) in [5.74, 6) is 1.10. The largest absolute Gasteiger partial charge is 0.370 e. The molecular formula is C14H16N6O3S2. The number of thioether (sulfide) groups is 1. The van der Waals surface area contributed by atoms with Crippen LogP contribution in [0.4, 0.5) is 10.8 Å². The maximum Gasteiger partial charge on any atom is 0.269 e. The van der Waals surface area contributed by atoms with Crippen molar-refractivity contribution in [3.8, 4) is 0 Å². The second kappa shape index (κ2) is 8.99. The van der Waals surface area contributed by atoms with Crippen LogP contribution in [0.5, 0.6) is 0 Å². The van der Waals surface area contributed by atoms with Crippen molar-refractivity contribution in [1.82, 2.24) is 10.3 Å². The first-order valence-corrected chi connectivity index (χ1v) is 9.13. The lowest BCUT2D eigenvalue weighted by molar-refractivity contribution is -0.384. The molecule has 0 unspecified atom stereocenters. The highest BCUT2D eigenvalue weighted by Gasteiger charge is 2.09. The number of nitro groups is 1. The molecule has 0 spiro atoms. The van der Waals surface area contributed by atoms with E-state index in [1.807, 2.05) is 5.38 Å². The number of rotatable bonds is 8. The topological polar surface area (TPSA) is 150 Å². The number of non-ortho nitro benzene ring substituents is 1. The van der Waals surface area contributed by atoms with E-state index in [2.05, 4.69) is 15.3 Å². The number of nitro benzene ring substituents is 1. The van der Waals surface area contributed by atoms with Crippen molar-refractivity contribution in [2.75, 3.05) is 12.3 Å². The molecule has 0 radical (unpaired) electrons. The van der Waals surface area contributed by atoms with Gasteiger partial charge in [-0.15, -0.1) is 11.3 Å². The maximum atomic E-state index is 11.9. The number of aromatic nitrogens is 1. The van der Waals surface area contributed by atoms with Gasteiger partial charge in [0.2, 0.25) is 5.13 Å². The van der Waals surface area contributed by atoms with Crippen LogP contribution in [0.1, 0.15) is 16.1 Å². The Labute approximate surface area is 151 Å². The minimum atomic E-state index is -0.505. The molecule has 0 aliphatic carbocycles. The number of carbonyl (C=O) groups is 1. The van der Waals surface area contributed by atoms with Crippen molar-refractivity contribution in [2.45, 2.75) is 5.75 Å². The van der Waals surface area contributed by atoms with Gasteiger partial charge in [0.05, 0.1) is 10.6 Å². The lowest BCUT2D eigenvalue weighted by Crippen LogP contribution is -2.25. The summed E-state index contributed by atoms with van der Waals surface area (Å²) < 4.78 is 0. The van der Waals surface area contributed by atoms with Crippen LogP contribution in [0.15, 0.2) is 34.6 Å². The summed E-state index contributed by atoms with van der Waals surface area (Å²) >= 11 is 2.97. The van der Waals surface area contributed by atoms with Gasteiger partial charge in [0.1, 0.15) is 0 Å². The quantitative estimate of drug-likeness (QED) is 0.207. The smallest absolute Gasteiger partial charge is 0.269 e. The van der Waals surface area contributed by atoms with Crippen LogP contribution < -0.4 is 16.8 Å². The average Bonchev–Trinajstić information content (AvgIpc) is 3.01. The molecule has 1 amide bonds. The summed E-state index contributed by atoms with van der Waals surface area (Å²) in [6.45, 7) is 0.478. The molecule has 5 N–H and O–H groups in total. The highest BCUT2D eigenvalue weighted by molar-refractivity contribution is 7.98. The van der Waals surface area contributed by atoms with Crippen molar-refractivity contribution in [3.05, 3.63) is 51.0 Å². The molecule has 0 saturated carbocycles. The van der Waals surface area contributed by atoms with Gasteiger partial charge in [-0.25, -0.2) is 4.98 Å². The highest BCUT2D eigenvalue weighted by atomic mass is 32.2. The van der Waals surface area contributed by atoms with Gasteiger partial charge in [-0.05, 0) is 12.1 Å². The Morgan fingerprint density at radius 1 is 1.36 bits per heavy atom. The van der Waals surface area contributed by atoms with Gasteiger partial charge in [-0.2, -0.15) is 16.8 Å². The molecule has 1 aromatic carbocycles. The van der Waals surface area contributed by atoms with Crippen LogP contribution in [-0.2, 0) is 5.75 Å². The van der Waals surface area contributed by atoms with Gasteiger partial charge in [0.15, 0.2) is 5.96 Å². The summed E-state index contributed by atoms with van der Waals surface area (Å²) in [6, 6.07) is 5.47. The molecule has 1 heterocycles. The van der Waals surface area contributed by atoms with E-state index in [0.29, 0.717) is 28.7 Å². The minimum Gasteiger partial charge on any atom is -0.370 e. The van der Waals surface area contributed by atoms with Crippen LogP contribution in [0.25, 0.3) is 0 Å². The first kappa shape index (κ1) is 18.7. The van der Waals surface area contributed by atoms with Crippen LogP contribution >= 0.6 is 23.1 Å². The number of benzene rings is 1. The third-order valence-electron chi connectivity index (χ3n) is 2.89. The molecular weight excluding hydrogens is 364 g/mol. The summed E-state index contributed by atoms with van der Waals surface area (Å²) in [6.07, 6.45) is 0. The first-order valence-electron chi connectivity index (χ1n) is 7.10. The Balaban J connectivity index is 1.70. The third kappa shape index (κ3) is 6.04. The predicted octanol–water partition coefficient (Wildman–Crippen LogP) is 1.62. The second-order valence-corrected chi connectivity index (χ2v) is 6.71. The number of carbonyl (C=O) groups excluding carboxylic acids is 1. The SMILES string of the molecule is NC(N)=Nc1nc(CSCCNC(=O)c2ccc([N+](=O)[O-])cc2)cs1. The van der Waals surface area contributed by atoms with E-state index in [4.69, 9.17) is 11.5 Å². The van der Waals surface area contributed by atoms with Crippen molar-refractivity contribution in [1.29, 1.82) is 0 Å². The van der Waals surface area contributed by atoms with Crippen molar-refractivity contribution in [2.24, 2.45) is 16.5 Å². The predicted molar refractivity (Wildman–Crippen MR) is 99.2 cm³/mol. The van der Waals surface area contributed by atoms with Gasteiger partial charge < -0.3 is 16.8 Å². The zero-order chi connectivity index (χ0) is 18.2. The van der Waals surface area contributed by atoms with E-state index in [1.165, 1.54) is 35.6 Å². The lowest BCUT2D eigenvalue weighted by Gasteiger charge is -2.04.